The first-order chi connectivity index (χ1) is 18.7. The molecule has 0 aliphatic heterocycles. The number of carbonyl (C=O) groups excluding carboxylic acids is 3. The molecule has 0 heterocycles. The van der Waals surface area contributed by atoms with Gasteiger partial charge < -0.3 is 31.3 Å². The second-order valence-electron chi connectivity index (χ2n) is 9.43. The molecule has 1 fully saturated rings. The van der Waals surface area contributed by atoms with Crippen LogP contribution in [-0.2, 0) is 14.4 Å². The SMILES string of the molecule is NC(=O)C1=C(O)[C@@]2(O)C(=O)C3=C(O)c4c(O)cccc4/C(=C\c4c(F)c(F)c(F)c(F)c4F)[C@H]3[C@H](O)[C@H]2CC1=O. The van der Waals surface area contributed by atoms with E-state index in [1.165, 1.54) is 6.07 Å². The standard InChI is InChI=1S/C26H16F5NO8/c27-16-8(17(28)19(30)20(31)18(16)29)4-7-6-2-1-3-10(33)12(6)22(36)15-13(7)21(35)9-5-11(34)14(25(32)39)23(37)26(9,40)24(15)38/h1-4,9,13,21,33,35-37,40H,5H2,(H2,32,39)/b7-4+/t9-,13-,21-,26-/m1/s1. The van der Waals surface area contributed by atoms with Gasteiger partial charge in [-0.2, -0.15) is 0 Å². The normalized spacial score (nSPS) is 27.1. The summed E-state index contributed by atoms with van der Waals surface area (Å²) in [5.41, 5.74) is -3.17. The number of halogens is 5. The van der Waals surface area contributed by atoms with E-state index in [4.69, 9.17) is 5.73 Å². The van der Waals surface area contributed by atoms with Crippen molar-refractivity contribution < 1.29 is 61.9 Å². The number of primary amides is 1. The molecule has 7 N–H and O–H groups in total. The molecule has 2 aromatic rings. The highest BCUT2D eigenvalue weighted by atomic mass is 19.2. The molecule has 0 aromatic heterocycles. The monoisotopic (exact) mass is 565 g/mol. The highest BCUT2D eigenvalue weighted by Crippen LogP contribution is 2.55. The molecule has 0 unspecified atom stereocenters. The zero-order chi connectivity index (χ0) is 29.6. The van der Waals surface area contributed by atoms with Gasteiger partial charge in [0.2, 0.25) is 11.6 Å². The van der Waals surface area contributed by atoms with Crippen molar-refractivity contribution in [2.75, 3.05) is 0 Å². The highest BCUT2D eigenvalue weighted by molar-refractivity contribution is 6.23. The van der Waals surface area contributed by atoms with Crippen molar-refractivity contribution >= 4 is 34.9 Å². The minimum Gasteiger partial charge on any atom is -0.508 e. The van der Waals surface area contributed by atoms with Gasteiger partial charge in [-0.25, -0.2) is 22.0 Å². The molecule has 1 amide bonds. The molecule has 3 aliphatic rings. The van der Waals surface area contributed by atoms with Crippen LogP contribution in [0.2, 0.25) is 0 Å². The maximum atomic E-state index is 14.7. The van der Waals surface area contributed by atoms with Crippen molar-refractivity contribution in [1.82, 2.24) is 0 Å². The maximum absolute atomic E-state index is 14.7. The quantitative estimate of drug-likeness (QED) is 0.139. The molecular weight excluding hydrogens is 549 g/mol. The fraction of sp³-hybridized carbons (Fsp3) is 0.192. The van der Waals surface area contributed by atoms with Gasteiger partial charge in [0.25, 0.3) is 5.91 Å². The molecule has 2 aromatic carbocycles. The minimum atomic E-state index is -3.21. The number of rotatable bonds is 2. The molecule has 1 saturated carbocycles. The van der Waals surface area contributed by atoms with E-state index >= 15 is 0 Å². The summed E-state index contributed by atoms with van der Waals surface area (Å²) in [4.78, 5) is 38.0. The Morgan fingerprint density at radius 3 is 2.12 bits per heavy atom. The molecule has 14 heteroatoms. The topological polar surface area (TPSA) is 178 Å². The van der Waals surface area contributed by atoms with Crippen LogP contribution in [0, 0.1) is 40.9 Å². The summed E-state index contributed by atoms with van der Waals surface area (Å²) in [6.45, 7) is 0. The number of hydrogen-bond acceptors (Lipinski definition) is 8. The van der Waals surface area contributed by atoms with Crippen LogP contribution in [0.5, 0.6) is 5.75 Å². The number of aromatic hydroxyl groups is 1. The van der Waals surface area contributed by atoms with Crippen molar-refractivity contribution in [3.8, 4) is 5.75 Å². The number of aliphatic hydroxyl groups excluding tert-OH is 3. The number of fused-ring (bicyclic) bond motifs is 3. The van der Waals surface area contributed by atoms with Crippen LogP contribution < -0.4 is 5.73 Å². The van der Waals surface area contributed by atoms with Crippen molar-refractivity contribution in [3.05, 3.63) is 80.9 Å². The predicted molar refractivity (Wildman–Crippen MR) is 123 cm³/mol. The number of phenolic OH excluding ortho intramolecular Hbond substituents is 1. The Balaban J connectivity index is 1.87. The molecule has 5 rings (SSSR count). The van der Waals surface area contributed by atoms with E-state index in [2.05, 4.69) is 0 Å². The highest BCUT2D eigenvalue weighted by Gasteiger charge is 2.64. The molecule has 208 valence electrons. The molecule has 4 atom stereocenters. The van der Waals surface area contributed by atoms with Gasteiger partial charge in [0.05, 0.1) is 22.8 Å². The van der Waals surface area contributed by atoms with Gasteiger partial charge in [0.15, 0.2) is 34.7 Å². The number of Topliss-reactive ketones (excluding diaryl/α,β-unsaturated/α-hetero) is 2. The summed E-state index contributed by atoms with van der Waals surface area (Å²) in [5, 5.41) is 54.8. The van der Waals surface area contributed by atoms with E-state index < -0.39 is 122 Å². The van der Waals surface area contributed by atoms with E-state index in [0.29, 0.717) is 6.08 Å². The lowest BCUT2D eigenvalue weighted by atomic mass is 9.56. The Kier molecular flexibility index (Phi) is 5.89. The Morgan fingerprint density at radius 1 is 0.975 bits per heavy atom. The second kappa shape index (κ2) is 8.72. The fourth-order valence-corrected chi connectivity index (χ4v) is 5.59. The Labute approximate surface area is 219 Å². The number of aliphatic hydroxyl groups is 4. The molecule has 0 radical (unpaired) electrons. The summed E-state index contributed by atoms with van der Waals surface area (Å²) in [6, 6.07) is 3.31. The van der Waals surface area contributed by atoms with E-state index in [1.807, 2.05) is 0 Å². The first kappa shape index (κ1) is 27.0. The maximum Gasteiger partial charge on any atom is 0.255 e. The second-order valence-corrected chi connectivity index (χ2v) is 9.43. The fourth-order valence-electron chi connectivity index (χ4n) is 5.59. The van der Waals surface area contributed by atoms with Gasteiger partial charge in [0, 0.05) is 18.3 Å². The lowest BCUT2D eigenvalue weighted by Crippen LogP contribution is -2.63. The van der Waals surface area contributed by atoms with Crippen molar-refractivity contribution in [3.63, 3.8) is 0 Å². The predicted octanol–water partition coefficient (Wildman–Crippen LogP) is 2.09. The van der Waals surface area contributed by atoms with Crippen molar-refractivity contribution in [1.29, 1.82) is 0 Å². The third-order valence-corrected chi connectivity index (χ3v) is 7.44. The zero-order valence-corrected chi connectivity index (χ0v) is 19.7. The number of benzene rings is 2. The number of nitrogens with two attached hydrogens (primary N) is 1. The first-order valence-corrected chi connectivity index (χ1v) is 11.4. The molecule has 0 bridgehead atoms. The van der Waals surface area contributed by atoms with E-state index in [0.717, 1.165) is 12.1 Å². The molecule has 0 saturated heterocycles. The van der Waals surface area contributed by atoms with Gasteiger partial charge >= 0.3 is 0 Å². The molecule has 0 spiro atoms. The van der Waals surface area contributed by atoms with Crippen LogP contribution in [0.3, 0.4) is 0 Å². The van der Waals surface area contributed by atoms with Crippen molar-refractivity contribution in [2.45, 2.75) is 18.1 Å². The Bertz CT molecular complexity index is 1650. The summed E-state index contributed by atoms with van der Waals surface area (Å²) >= 11 is 0. The molecule has 9 nitrogen and oxygen atoms in total. The Hall–Kier alpha value is -4.56. The van der Waals surface area contributed by atoms with E-state index in [1.54, 1.807) is 0 Å². The number of amides is 1. The van der Waals surface area contributed by atoms with Gasteiger partial charge in [-0.15, -0.1) is 0 Å². The average molecular weight is 565 g/mol. The van der Waals surface area contributed by atoms with E-state index in [9.17, 15) is 61.9 Å². The summed E-state index contributed by atoms with van der Waals surface area (Å²) < 4.78 is 71.0. The lowest BCUT2D eigenvalue weighted by molar-refractivity contribution is -0.157. The number of ketones is 2. The van der Waals surface area contributed by atoms with Crippen molar-refractivity contribution in [2.24, 2.45) is 17.6 Å². The van der Waals surface area contributed by atoms with Gasteiger partial charge in [-0.3, -0.25) is 14.4 Å². The summed E-state index contributed by atoms with van der Waals surface area (Å²) in [5.74, 6) is -23.1. The number of hydrogen-bond donors (Lipinski definition) is 6. The Morgan fingerprint density at radius 2 is 1.55 bits per heavy atom. The van der Waals surface area contributed by atoms with Crippen LogP contribution in [0.15, 0.2) is 35.1 Å². The smallest absolute Gasteiger partial charge is 0.255 e. The van der Waals surface area contributed by atoms with Gasteiger partial charge in [-0.05, 0) is 23.3 Å². The number of carbonyl (C=O) groups is 3. The average Bonchev–Trinajstić information content (AvgIpc) is 2.90. The molecule has 40 heavy (non-hydrogen) atoms. The third kappa shape index (κ3) is 3.29. The zero-order valence-electron chi connectivity index (χ0n) is 19.7. The molecular formula is C26H16F5NO8. The van der Waals surface area contributed by atoms with Crippen LogP contribution in [0.25, 0.3) is 17.4 Å². The van der Waals surface area contributed by atoms with Crippen LogP contribution in [-0.4, -0.2) is 54.7 Å². The van der Waals surface area contributed by atoms with E-state index in [-0.39, 0.29) is 5.56 Å². The van der Waals surface area contributed by atoms with Crippen LogP contribution in [0.4, 0.5) is 22.0 Å². The lowest BCUT2D eigenvalue weighted by Gasteiger charge is -2.49. The first-order valence-electron chi connectivity index (χ1n) is 11.4. The third-order valence-electron chi connectivity index (χ3n) is 7.44. The minimum absolute atomic E-state index is 0.313. The van der Waals surface area contributed by atoms with Gasteiger partial charge in [-0.1, -0.05) is 12.1 Å². The van der Waals surface area contributed by atoms with Gasteiger partial charge in [0.1, 0.15) is 22.8 Å². The summed E-state index contributed by atoms with van der Waals surface area (Å²) in [7, 11) is 0. The summed E-state index contributed by atoms with van der Waals surface area (Å²) in [6.07, 6.45) is -2.72. The van der Waals surface area contributed by atoms with Crippen LogP contribution >= 0.6 is 0 Å². The molecule has 3 aliphatic carbocycles. The largest absolute Gasteiger partial charge is 0.508 e. The van der Waals surface area contributed by atoms with Crippen LogP contribution in [0.1, 0.15) is 23.1 Å². The number of phenols is 1.